The highest BCUT2D eigenvalue weighted by Crippen LogP contribution is 2.31. The van der Waals surface area contributed by atoms with Crippen LogP contribution in [0, 0.1) is 5.82 Å². The lowest BCUT2D eigenvalue weighted by Crippen LogP contribution is -2.50. The molecule has 0 aliphatic carbocycles. The van der Waals surface area contributed by atoms with Gasteiger partial charge in [0.25, 0.3) is 0 Å². The number of nitrogens with zero attached hydrogens (tertiary/aromatic N) is 2. The molecule has 0 saturated carbocycles. The molecular formula is C19H21FN2O2. The summed E-state index contributed by atoms with van der Waals surface area (Å²) in [6.45, 7) is 4.85. The summed E-state index contributed by atoms with van der Waals surface area (Å²) in [7, 11) is 0. The molecule has 2 heterocycles. The van der Waals surface area contributed by atoms with Crippen molar-refractivity contribution < 1.29 is 13.9 Å². The number of halogens is 1. The van der Waals surface area contributed by atoms with Crippen molar-refractivity contribution in [2.24, 2.45) is 0 Å². The summed E-state index contributed by atoms with van der Waals surface area (Å²) in [6, 6.07) is 14.8. The Kier molecular flexibility index (Phi) is 4.26. The first-order chi connectivity index (χ1) is 11.8. The molecule has 2 aromatic carbocycles. The average Bonchev–Trinajstić information content (AvgIpc) is 2.63. The molecule has 0 spiro atoms. The molecule has 2 aliphatic rings. The standard InChI is InChI=1S/C19H21FN2O2/c20-16-5-1-2-6-17(16)22-11-9-21(10-12-22)13-15-14-23-18-7-3-4-8-19(18)24-15/h1-8,15H,9-14H2/t15-/m1/s1. The van der Waals surface area contributed by atoms with Crippen molar-refractivity contribution in [3.05, 3.63) is 54.3 Å². The molecule has 0 radical (unpaired) electrons. The predicted octanol–water partition coefficient (Wildman–Crippen LogP) is 2.79. The molecule has 126 valence electrons. The molecule has 0 unspecified atom stereocenters. The maximum atomic E-state index is 13.9. The smallest absolute Gasteiger partial charge is 0.161 e. The molecule has 0 bridgehead atoms. The maximum Gasteiger partial charge on any atom is 0.161 e. The molecule has 4 nitrogen and oxygen atoms in total. The number of piperazine rings is 1. The van der Waals surface area contributed by atoms with Crippen LogP contribution >= 0.6 is 0 Å². The van der Waals surface area contributed by atoms with E-state index in [0.717, 1.165) is 44.2 Å². The number of para-hydroxylation sites is 3. The topological polar surface area (TPSA) is 24.9 Å². The zero-order valence-corrected chi connectivity index (χ0v) is 13.5. The summed E-state index contributed by atoms with van der Waals surface area (Å²) < 4.78 is 25.7. The van der Waals surface area contributed by atoms with E-state index in [1.165, 1.54) is 6.07 Å². The highest BCUT2D eigenvalue weighted by Gasteiger charge is 2.25. The summed E-state index contributed by atoms with van der Waals surface area (Å²) in [6.07, 6.45) is 0.0416. The van der Waals surface area contributed by atoms with E-state index in [2.05, 4.69) is 9.80 Å². The van der Waals surface area contributed by atoms with Crippen molar-refractivity contribution in [2.75, 3.05) is 44.2 Å². The van der Waals surface area contributed by atoms with Crippen LogP contribution in [0.1, 0.15) is 0 Å². The Labute approximate surface area is 141 Å². The van der Waals surface area contributed by atoms with Crippen LogP contribution in [0.15, 0.2) is 48.5 Å². The minimum absolute atomic E-state index is 0.0416. The molecule has 0 amide bonds. The lowest BCUT2D eigenvalue weighted by molar-refractivity contribution is 0.0571. The van der Waals surface area contributed by atoms with Gasteiger partial charge >= 0.3 is 0 Å². The molecule has 24 heavy (non-hydrogen) atoms. The van der Waals surface area contributed by atoms with E-state index in [4.69, 9.17) is 9.47 Å². The number of fused-ring (bicyclic) bond motifs is 1. The fourth-order valence-electron chi connectivity index (χ4n) is 3.32. The Morgan fingerprint density at radius 2 is 1.62 bits per heavy atom. The van der Waals surface area contributed by atoms with Crippen LogP contribution in [-0.2, 0) is 0 Å². The van der Waals surface area contributed by atoms with Crippen LogP contribution in [0.4, 0.5) is 10.1 Å². The first kappa shape index (κ1) is 15.3. The molecule has 0 N–H and O–H groups in total. The predicted molar refractivity (Wildman–Crippen MR) is 91.4 cm³/mol. The van der Waals surface area contributed by atoms with Gasteiger partial charge in [-0.05, 0) is 24.3 Å². The molecule has 2 aliphatic heterocycles. The average molecular weight is 328 g/mol. The third-order valence-corrected chi connectivity index (χ3v) is 4.59. The monoisotopic (exact) mass is 328 g/mol. The van der Waals surface area contributed by atoms with E-state index in [-0.39, 0.29) is 11.9 Å². The minimum atomic E-state index is -0.147. The Balaban J connectivity index is 1.32. The van der Waals surface area contributed by atoms with E-state index in [9.17, 15) is 4.39 Å². The molecule has 1 saturated heterocycles. The molecule has 4 rings (SSSR count). The Morgan fingerprint density at radius 1 is 0.917 bits per heavy atom. The van der Waals surface area contributed by atoms with Crippen molar-refractivity contribution in [1.82, 2.24) is 4.90 Å². The fourth-order valence-corrected chi connectivity index (χ4v) is 3.32. The summed E-state index contributed by atoms with van der Waals surface area (Å²) in [5.41, 5.74) is 0.698. The Morgan fingerprint density at radius 3 is 2.42 bits per heavy atom. The molecule has 0 aromatic heterocycles. The van der Waals surface area contributed by atoms with Gasteiger partial charge in [0.2, 0.25) is 0 Å². The van der Waals surface area contributed by atoms with Gasteiger partial charge in [0.1, 0.15) is 18.5 Å². The number of hydrogen-bond acceptors (Lipinski definition) is 4. The van der Waals surface area contributed by atoms with Crippen molar-refractivity contribution in [1.29, 1.82) is 0 Å². The second-order valence-electron chi connectivity index (χ2n) is 6.24. The zero-order chi connectivity index (χ0) is 16.4. The fraction of sp³-hybridized carbons (Fsp3) is 0.368. The minimum Gasteiger partial charge on any atom is -0.486 e. The lowest BCUT2D eigenvalue weighted by atomic mass is 10.2. The van der Waals surface area contributed by atoms with E-state index in [0.29, 0.717) is 12.3 Å². The maximum absolute atomic E-state index is 13.9. The summed E-state index contributed by atoms with van der Waals surface area (Å²) in [5, 5.41) is 0. The van der Waals surface area contributed by atoms with Gasteiger partial charge < -0.3 is 14.4 Å². The summed E-state index contributed by atoms with van der Waals surface area (Å²) in [4.78, 5) is 4.47. The van der Waals surface area contributed by atoms with Crippen LogP contribution in [-0.4, -0.2) is 50.3 Å². The van der Waals surface area contributed by atoms with E-state index in [1.54, 1.807) is 6.07 Å². The van der Waals surface area contributed by atoms with E-state index < -0.39 is 0 Å². The molecule has 1 fully saturated rings. The van der Waals surface area contributed by atoms with Crippen molar-refractivity contribution in [3.63, 3.8) is 0 Å². The van der Waals surface area contributed by atoms with Gasteiger partial charge in [-0.1, -0.05) is 24.3 Å². The van der Waals surface area contributed by atoms with Crippen molar-refractivity contribution in [2.45, 2.75) is 6.10 Å². The first-order valence-electron chi connectivity index (χ1n) is 8.40. The number of benzene rings is 2. The van der Waals surface area contributed by atoms with Crippen LogP contribution in [0.25, 0.3) is 0 Å². The third kappa shape index (κ3) is 3.17. The summed E-state index contributed by atoms with van der Waals surface area (Å²) in [5.74, 6) is 1.49. The third-order valence-electron chi connectivity index (χ3n) is 4.59. The van der Waals surface area contributed by atoms with E-state index in [1.807, 2.05) is 36.4 Å². The van der Waals surface area contributed by atoms with Crippen LogP contribution in [0.3, 0.4) is 0 Å². The molecule has 2 aromatic rings. The Bertz CT molecular complexity index is 701. The number of ether oxygens (including phenoxy) is 2. The number of hydrogen-bond donors (Lipinski definition) is 0. The molecule has 5 heteroatoms. The van der Waals surface area contributed by atoms with Gasteiger partial charge in [-0.15, -0.1) is 0 Å². The Hall–Kier alpha value is -2.27. The quantitative estimate of drug-likeness (QED) is 0.865. The van der Waals surface area contributed by atoms with E-state index >= 15 is 0 Å². The number of anilines is 1. The SMILES string of the molecule is Fc1ccccc1N1CCN(C[C@@H]2COc3ccccc3O2)CC1. The number of rotatable bonds is 3. The van der Waals surface area contributed by atoms with Gasteiger partial charge in [-0.3, -0.25) is 4.90 Å². The van der Waals surface area contributed by atoms with Gasteiger partial charge in [-0.25, -0.2) is 4.39 Å². The van der Waals surface area contributed by atoms with Gasteiger partial charge in [0.05, 0.1) is 5.69 Å². The van der Waals surface area contributed by atoms with Gasteiger partial charge in [-0.2, -0.15) is 0 Å². The first-order valence-corrected chi connectivity index (χ1v) is 8.40. The van der Waals surface area contributed by atoms with Crippen LogP contribution in [0.5, 0.6) is 11.5 Å². The normalized spacial score (nSPS) is 20.9. The second-order valence-corrected chi connectivity index (χ2v) is 6.24. The molecular weight excluding hydrogens is 307 g/mol. The highest BCUT2D eigenvalue weighted by atomic mass is 19.1. The molecule has 1 atom stereocenters. The highest BCUT2D eigenvalue weighted by molar-refractivity contribution is 5.48. The van der Waals surface area contributed by atoms with Crippen molar-refractivity contribution >= 4 is 5.69 Å². The zero-order valence-electron chi connectivity index (χ0n) is 13.5. The van der Waals surface area contributed by atoms with Gasteiger partial charge in [0.15, 0.2) is 11.5 Å². The van der Waals surface area contributed by atoms with Gasteiger partial charge in [0, 0.05) is 32.7 Å². The van der Waals surface area contributed by atoms with Crippen LogP contribution in [0.2, 0.25) is 0 Å². The van der Waals surface area contributed by atoms with Crippen LogP contribution < -0.4 is 14.4 Å². The van der Waals surface area contributed by atoms with Crippen molar-refractivity contribution in [3.8, 4) is 11.5 Å². The largest absolute Gasteiger partial charge is 0.486 e. The summed E-state index contributed by atoms with van der Waals surface area (Å²) >= 11 is 0. The lowest BCUT2D eigenvalue weighted by Gasteiger charge is -2.38. The second kappa shape index (κ2) is 6.69.